The number of hydrogen-bond donors (Lipinski definition) is 1. The number of furan rings is 1. The molecule has 1 fully saturated rings. The molecule has 0 spiro atoms. The Morgan fingerprint density at radius 3 is 2.39 bits per heavy atom. The number of ether oxygens (including phenoxy) is 2. The number of rotatable bonds is 4. The number of hydrogen-bond acceptors (Lipinski definition) is 7. The van der Waals surface area contributed by atoms with Crippen LogP contribution >= 0.6 is 0 Å². The van der Waals surface area contributed by atoms with Crippen molar-refractivity contribution < 1.29 is 28.3 Å². The lowest BCUT2D eigenvalue weighted by Gasteiger charge is -2.37. The van der Waals surface area contributed by atoms with Crippen molar-refractivity contribution >= 4 is 17.7 Å². The van der Waals surface area contributed by atoms with Crippen LogP contribution < -0.4 is 5.32 Å². The number of esters is 2. The molecule has 3 aliphatic rings. The lowest BCUT2D eigenvalue weighted by molar-refractivity contribution is -0.151. The van der Waals surface area contributed by atoms with Crippen molar-refractivity contribution in [1.29, 1.82) is 0 Å². The van der Waals surface area contributed by atoms with Gasteiger partial charge in [0, 0.05) is 17.0 Å². The summed E-state index contributed by atoms with van der Waals surface area (Å²) in [6.45, 7) is 5.52. The van der Waals surface area contributed by atoms with Crippen molar-refractivity contribution in [2.24, 2.45) is 11.8 Å². The maximum absolute atomic E-state index is 13.7. The molecule has 1 aromatic rings. The molecule has 1 N–H and O–H groups in total. The first-order chi connectivity index (χ1) is 15.8. The molecule has 0 amide bonds. The number of allylic oxidation sites excluding steroid dienone is 3. The van der Waals surface area contributed by atoms with Gasteiger partial charge in [0.05, 0.1) is 18.6 Å². The quantitative estimate of drug-likeness (QED) is 0.407. The Hall–Kier alpha value is -2.83. The van der Waals surface area contributed by atoms with Crippen LogP contribution in [0.5, 0.6) is 0 Å². The molecule has 0 radical (unpaired) electrons. The Labute approximate surface area is 194 Å². The molecule has 0 aromatic carbocycles. The van der Waals surface area contributed by atoms with Crippen molar-refractivity contribution in [2.45, 2.75) is 77.7 Å². The fraction of sp³-hybridized carbons (Fsp3) is 0.577. The molecular weight excluding hydrogens is 422 g/mol. The summed E-state index contributed by atoms with van der Waals surface area (Å²) in [6.07, 6.45) is 6.48. The molecule has 3 atom stereocenters. The van der Waals surface area contributed by atoms with Crippen LogP contribution in [0.25, 0.3) is 0 Å². The standard InChI is InChI=1S/C26H33NO6/c1-14-13-18-22(24(28)20(14)25(29)31-4)23(19-12-11-15(2)32-19)21(16(3)27-18)26(30)33-17-9-7-5-6-8-10-17/h11-12,14,17,20,23,27H,5-10,13H2,1-4H3/t14-,20-,23+/m1/s1. The topological polar surface area (TPSA) is 94.8 Å². The van der Waals surface area contributed by atoms with Gasteiger partial charge in [-0.3, -0.25) is 9.59 Å². The van der Waals surface area contributed by atoms with Gasteiger partial charge in [-0.25, -0.2) is 4.79 Å². The second-order valence-corrected chi connectivity index (χ2v) is 9.50. The second kappa shape index (κ2) is 9.57. The van der Waals surface area contributed by atoms with Crippen molar-refractivity contribution in [2.75, 3.05) is 7.11 Å². The molecule has 7 heteroatoms. The number of dihydropyridines is 1. The average Bonchev–Trinajstić information content (AvgIpc) is 3.03. The molecule has 33 heavy (non-hydrogen) atoms. The Kier molecular flexibility index (Phi) is 6.77. The van der Waals surface area contributed by atoms with E-state index in [4.69, 9.17) is 13.9 Å². The van der Waals surface area contributed by atoms with E-state index in [0.29, 0.717) is 34.8 Å². The first-order valence-electron chi connectivity index (χ1n) is 11.9. The highest BCUT2D eigenvalue weighted by Gasteiger charge is 2.48. The maximum atomic E-state index is 13.7. The van der Waals surface area contributed by atoms with Crippen molar-refractivity contribution in [3.63, 3.8) is 0 Å². The summed E-state index contributed by atoms with van der Waals surface area (Å²) in [4.78, 5) is 39.6. The smallest absolute Gasteiger partial charge is 0.337 e. The van der Waals surface area contributed by atoms with E-state index in [1.165, 1.54) is 7.11 Å². The number of Topliss-reactive ketones (excluding diaryl/α,β-unsaturated/α-hetero) is 1. The highest BCUT2D eigenvalue weighted by molar-refractivity contribution is 6.12. The van der Waals surface area contributed by atoms with Crippen molar-refractivity contribution in [3.8, 4) is 0 Å². The fourth-order valence-corrected chi connectivity index (χ4v) is 5.42. The normalized spacial score (nSPS) is 26.4. The highest BCUT2D eigenvalue weighted by Crippen LogP contribution is 2.46. The molecule has 4 rings (SSSR count). The number of ketones is 1. The van der Waals surface area contributed by atoms with Crippen LogP contribution in [0.1, 0.15) is 76.2 Å². The summed E-state index contributed by atoms with van der Waals surface area (Å²) in [6, 6.07) is 3.61. The summed E-state index contributed by atoms with van der Waals surface area (Å²) in [5.74, 6) is -1.98. The minimum Gasteiger partial charge on any atom is -0.468 e. The molecular formula is C26H33NO6. The third-order valence-corrected chi connectivity index (χ3v) is 7.08. The van der Waals surface area contributed by atoms with E-state index in [-0.39, 0.29) is 17.8 Å². The Bertz CT molecular complexity index is 1010. The van der Waals surface area contributed by atoms with Crippen LogP contribution in [0.15, 0.2) is 39.1 Å². The SMILES string of the molecule is COC(=O)[C@H]1C(=O)C2=C(C[C@H]1C)NC(C)=C(C(=O)OC1CCCCCC1)[C@@H]2c1ccc(C)o1. The lowest BCUT2D eigenvalue weighted by Crippen LogP contribution is -2.43. The van der Waals surface area contributed by atoms with E-state index >= 15 is 0 Å². The van der Waals surface area contributed by atoms with Crippen LogP contribution in [0.4, 0.5) is 0 Å². The Morgan fingerprint density at radius 2 is 1.79 bits per heavy atom. The zero-order valence-electron chi connectivity index (χ0n) is 19.9. The third kappa shape index (κ3) is 4.50. The summed E-state index contributed by atoms with van der Waals surface area (Å²) < 4.78 is 16.8. The molecule has 0 saturated heterocycles. The van der Waals surface area contributed by atoms with E-state index in [1.807, 2.05) is 26.8 Å². The van der Waals surface area contributed by atoms with Gasteiger partial charge >= 0.3 is 11.9 Å². The van der Waals surface area contributed by atoms with Crippen LogP contribution in [0, 0.1) is 18.8 Å². The maximum Gasteiger partial charge on any atom is 0.337 e. The molecule has 178 valence electrons. The van der Waals surface area contributed by atoms with Gasteiger partial charge in [0.25, 0.3) is 0 Å². The van der Waals surface area contributed by atoms with Gasteiger partial charge in [-0.1, -0.05) is 19.8 Å². The summed E-state index contributed by atoms with van der Waals surface area (Å²) in [5, 5.41) is 3.29. The van der Waals surface area contributed by atoms with Gasteiger partial charge in [-0.05, 0) is 64.0 Å². The molecule has 1 aliphatic heterocycles. The molecule has 2 heterocycles. The number of methoxy groups -OCH3 is 1. The highest BCUT2D eigenvalue weighted by atomic mass is 16.5. The number of carbonyl (C=O) groups is 3. The summed E-state index contributed by atoms with van der Waals surface area (Å²) >= 11 is 0. The predicted molar refractivity (Wildman–Crippen MR) is 121 cm³/mol. The molecule has 0 bridgehead atoms. The molecule has 1 aromatic heterocycles. The minimum absolute atomic E-state index is 0.125. The zero-order valence-corrected chi connectivity index (χ0v) is 19.9. The zero-order chi connectivity index (χ0) is 23.7. The van der Waals surface area contributed by atoms with E-state index in [0.717, 1.165) is 44.2 Å². The number of aryl methyl sites for hydroxylation is 1. The Morgan fingerprint density at radius 1 is 1.09 bits per heavy atom. The minimum atomic E-state index is -0.911. The van der Waals surface area contributed by atoms with E-state index in [9.17, 15) is 14.4 Å². The van der Waals surface area contributed by atoms with Gasteiger partial charge in [-0.15, -0.1) is 0 Å². The molecule has 2 aliphatic carbocycles. The first-order valence-corrected chi connectivity index (χ1v) is 11.9. The fourth-order valence-electron chi connectivity index (χ4n) is 5.42. The van der Waals surface area contributed by atoms with Gasteiger partial charge in [0.2, 0.25) is 0 Å². The largest absolute Gasteiger partial charge is 0.468 e. The lowest BCUT2D eigenvalue weighted by atomic mass is 9.70. The van der Waals surface area contributed by atoms with Crippen LogP contribution in [0.2, 0.25) is 0 Å². The average molecular weight is 456 g/mol. The molecule has 7 nitrogen and oxygen atoms in total. The molecule has 0 unspecified atom stereocenters. The van der Waals surface area contributed by atoms with Gasteiger partial charge in [-0.2, -0.15) is 0 Å². The predicted octanol–water partition coefficient (Wildman–Crippen LogP) is 4.47. The number of nitrogens with one attached hydrogen (secondary N) is 1. The third-order valence-electron chi connectivity index (χ3n) is 7.08. The van der Waals surface area contributed by atoms with Crippen LogP contribution in [-0.2, 0) is 23.9 Å². The number of carbonyl (C=O) groups excluding carboxylic acids is 3. The van der Waals surface area contributed by atoms with Gasteiger partial charge in [0.15, 0.2) is 5.78 Å². The second-order valence-electron chi connectivity index (χ2n) is 9.50. The van der Waals surface area contributed by atoms with Crippen LogP contribution in [-0.4, -0.2) is 30.9 Å². The van der Waals surface area contributed by atoms with Gasteiger partial charge < -0.3 is 19.2 Å². The summed E-state index contributed by atoms with van der Waals surface area (Å²) in [7, 11) is 1.29. The van der Waals surface area contributed by atoms with Crippen molar-refractivity contribution in [1.82, 2.24) is 5.32 Å². The summed E-state index contributed by atoms with van der Waals surface area (Å²) in [5.41, 5.74) is 2.16. The molecule has 1 saturated carbocycles. The monoisotopic (exact) mass is 455 g/mol. The van der Waals surface area contributed by atoms with Gasteiger partial charge in [0.1, 0.15) is 23.5 Å². The van der Waals surface area contributed by atoms with E-state index < -0.39 is 23.8 Å². The van der Waals surface area contributed by atoms with Crippen molar-refractivity contribution in [3.05, 3.63) is 46.2 Å². The first kappa shape index (κ1) is 23.3. The van der Waals surface area contributed by atoms with E-state index in [2.05, 4.69) is 5.32 Å². The van der Waals surface area contributed by atoms with E-state index in [1.54, 1.807) is 6.07 Å². The Balaban J connectivity index is 1.74. The van der Waals surface area contributed by atoms with Crippen LogP contribution in [0.3, 0.4) is 0 Å².